The van der Waals surface area contributed by atoms with E-state index in [4.69, 9.17) is 4.74 Å². The monoisotopic (exact) mass is 290 g/mol. The van der Waals surface area contributed by atoms with Crippen LogP contribution >= 0.6 is 0 Å². The van der Waals surface area contributed by atoms with Gasteiger partial charge in [0.1, 0.15) is 5.75 Å². The summed E-state index contributed by atoms with van der Waals surface area (Å²) in [6.07, 6.45) is 1.45. The number of hydrogen-bond donors (Lipinski definition) is 0. The van der Waals surface area contributed by atoms with Crippen LogP contribution in [0.3, 0.4) is 0 Å². The molecule has 0 spiro atoms. The normalized spacial score (nSPS) is 15.0. The Hall–Kier alpha value is -2.04. The maximum Gasteiger partial charge on any atom is 0.253 e. The van der Waals surface area contributed by atoms with Crippen molar-refractivity contribution in [1.29, 1.82) is 0 Å². The van der Waals surface area contributed by atoms with Crippen molar-refractivity contribution in [2.75, 3.05) is 33.3 Å². The molecule has 1 aromatic carbocycles. The van der Waals surface area contributed by atoms with Gasteiger partial charge in [0, 0.05) is 38.2 Å². The standard InChI is InChI=1S/C16H22N2O3/c1-3-4-15(19)17-9-11-18(12-10-17)16(20)13-5-7-14(21-2)8-6-13/h5-8H,3-4,9-12H2,1-2H3. The van der Waals surface area contributed by atoms with Crippen molar-refractivity contribution < 1.29 is 14.3 Å². The summed E-state index contributed by atoms with van der Waals surface area (Å²) in [5, 5.41) is 0. The molecule has 1 heterocycles. The second-order valence-corrected chi connectivity index (χ2v) is 5.15. The second kappa shape index (κ2) is 7.11. The Morgan fingerprint density at radius 1 is 1.05 bits per heavy atom. The van der Waals surface area contributed by atoms with Crippen LogP contribution in [0.2, 0.25) is 0 Å². The molecule has 2 rings (SSSR count). The number of hydrogen-bond acceptors (Lipinski definition) is 3. The number of carbonyl (C=O) groups is 2. The zero-order valence-corrected chi connectivity index (χ0v) is 12.7. The third-order valence-electron chi connectivity index (χ3n) is 3.72. The van der Waals surface area contributed by atoms with Gasteiger partial charge >= 0.3 is 0 Å². The lowest BCUT2D eigenvalue weighted by Crippen LogP contribution is -2.50. The van der Waals surface area contributed by atoms with E-state index in [0.717, 1.165) is 12.2 Å². The highest BCUT2D eigenvalue weighted by molar-refractivity contribution is 5.94. The molecule has 1 saturated heterocycles. The Morgan fingerprint density at radius 2 is 1.62 bits per heavy atom. The highest BCUT2D eigenvalue weighted by Crippen LogP contribution is 2.14. The number of piperazine rings is 1. The van der Waals surface area contributed by atoms with Gasteiger partial charge in [-0.3, -0.25) is 9.59 Å². The Labute approximate surface area is 125 Å². The molecule has 1 aliphatic rings. The molecule has 0 radical (unpaired) electrons. The number of benzene rings is 1. The van der Waals surface area contributed by atoms with E-state index in [2.05, 4.69) is 0 Å². The van der Waals surface area contributed by atoms with Crippen LogP contribution in [0.15, 0.2) is 24.3 Å². The van der Waals surface area contributed by atoms with Crippen LogP contribution in [-0.2, 0) is 4.79 Å². The summed E-state index contributed by atoms with van der Waals surface area (Å²) in [6, 6.07) is 7.12. The van der Waals surface area contributed by atoms with Crippen molar-refractivity contribution in [3.63, 3.8) is 0 Å². The maximum atomic E-state index is 12.4. The van der Waals surface area contributed by atoms with Gasteiger partial charge in [-0.1, -0.05) is 6.92 Å². The summed E-state index contributed by atoms with van der Waals surface area (Å²) in [4.78, 5) is 27.9. The summed E-state index contributed by atoms with van der Waals surface area (Å²) in [7, 11) is 1.60. The molecular formula is C16H22N2O3. The first kappa shape index (κ1) is 15.4. The molecule has 0 bridgehead atoms. The van der Waals surface area contributed by atoms with Gasteiger partial charge in [0.15, 0.2) is 0 Å². The van der Waals surface area contributed by atoms with Gasteiger partial charge in [-0.05, 0) is 30.7 Å². The van der Waals surface area contributed by atoms with Crippen LogP contribution in [0.25, 0.3) is 0 Å². The summed E-state index contributed by atoms with van der Waals surface area (Å²) in [5.74, 6) is 0.941. The van der Waals surface area contributed by atoms with Crippen molar-refractivity contribution in [2.24, 2.45) is 0 Å². The number of rotatable bonds is 4. The maximum absolute atomic E-state index is 12.4. The summed E-state index contributed by atoms with van der Waals surface area (Å²) in [5.41, 5.74) is 0.657. The minimum Gasteiger partial charge on any atom is -0.497 e. The Bertz CT molecular complexity index is 491. The average Bonchev–Trinajstić information content (AvgIpc) is 2.54. The molecule has 1 fully saturated rings. The van der Waals surface area contributed by atoms with Crippen LogP contribution in [0, 0.1) is 0 Å². The van der Waals surface area contributed by atoms with E-state index in [9.17, 15) is 9.59 Å². The number of amides is 2. The molecule has 0 atom stereocenters. The molecule has 5 nitrogen and oxygen atoms in total. The lowest BCUT2D eigenvalue weighted by Gasteiger charge is -2.34. The van der Waals surface area contributed by atoms with Crippen LogP contribution in [0.4, 0.5) is 0 Å². The van der Waals surface area contributed by atoms with Crippen LogP contribution in [0.1, 0.15) is 30.1 Å². The van der Waals surface area contributed by atoms with E-state index < -0.39 is 0 Å². The molecule has 0 aromatic heterocycles. The minimum atomic E-state index is 0.0141. The van der Waals surface area contributed by atoms with Gasteiger partial charge in [0.25, 0.3) is 5.91 Å². The molecule has 1 aromatic rings. The third-order valence-corrected chi connectivity index (χ3v) is 3.72. The fraction of sp³-hybridized carbons (Fsp3) is 0.500. The molecule has 0 aliphatic carbocycles. The van der Waals surface area contributed by atoms with E-state index in [1.807, 2.05) is 11.8 Å². The lowest BCUT2D eigenvalue weighted by atomic mass is 10.1. The molecule has 5 heteroatoms. The van der Waals surface area contributed by atoms with Crippen molar-refractivity contribution in [3.05, 3.63) is 29.8 Å². The zero-order chi connectivity index (χ0) is 15.2. The fourth-order valence-corrected chi connectivity index (χ4v) is 2.45. The fourth-order valence-electron chi connectivity index (χ4n) is 2.45. The first-order chi connectivity index (χ1) is 10.2. The van der Waals surface area contributed by atoms with Gasteiger partial charge < -0.3 is 14.5 Å². The van der Waals surface area contributed by atoms with E-state index in [1.54, 1.807) is 36.3 Å². The summed E-state index contributed by atoms with van der Waals surface area (Å²) < 4.78 is 5.09. The molecule has 2 amide bonds. The Morgan fingerprint density at radius 3 is 2.14 bits per heavy atom. The minimum absolute atomic E-state index is 0.0141. The predicted octanol–water partition coefficient (Wildman–Crippen LogP) is 1.78. The van der Waals surface area contributed by atoms with Crippen LogP contribution in [-0.4, -0.2) is 54.9 Å². The van der Waals surface area contributed by atoms with Gasteiger partial charge in [0.2, 0.25) is 5.91 Å². The SMILES string of the molecule is CCCC(=O)N1CCN(C(=O)c2ccc(OC)cc2)CC1. The summed E-state index contributed by atoms with van der Waals surface area (Å²) >= 11 is 0. The van der Waals surface area contributed by atoms with E-state index >= 15 is 0 Å². The van der Waals surface area contributed by atoms with Gasteiger partial charge in [0.05, 0.1) is 7.11 Å². The van der Waals surface area contributed by atoms with Crippen molar-refractivity contribution in [1.82, 2.24) is 9.80 Å². The Kier molecular flexibility index (Phi) is 5.20. The number of nitrogens with zero attached hydrogens (tertiary/aromatic N) is 2. The van der Waals surface area contributed by atoms with E-state index in [-0.39, 0.29) is 11.8 Å². The first-order valence-electron chi connectivity index (χ1n) is 7.36. The molecular weight excluding hydrogens is 268 g/mol. The zero-order valence-electron chi connectivity index (χ0n) is 12.7. The van der Waals surface area contributed by atoms with Gasteiger partial charge in [-0.2, -0.15) is 0 Å². The predicted molar refractivity (Wildman–Crippen MR) is 80.4 cm³/mol. The van der Waals surface area contributed by atoms with E-state index in [0.29, 0.717) is 38.2 Å². The quantitative estimate of drug-likeness (QED) is 0.849. The van der Waals surface area contributed by atoms with Crippen LogP contribution in [0.5, 0.6) is 5.75 Å². The molecule has 21 heavy (non-hydrogen) atoms. The van der Waals surface area contributed by atoms with Gasteiger partial charge in [-0.25, -0.2) is 0 Å². The van der Waals surface area contributed by atoms with Crippen LogP contribution < -0.4 is 4.74 Å². The Balaban J connectivity index is 1.92. The molecule has 114 valence electrons. The molecule has 1 aliphatic heterocycles. The highest BCUT2D eigenvalue weighted by Gasteiger charge is 2.24. The first-order valence-corrected chi connectivity index (χ1v) is 7.36. The molecule has 0 N–H and O–H groups in total. The van der Waals surface area contributed by atoms with Crippen molar-refractivity contribution >= 4 is 11.8 Å². The highest BCUT2D eigenvalue weighted by atomic mass is 16.5. The van der Waals surface area contributed by atoms with E-state index in [1.165, 1.54) is 0 Å². The lowest BCUT2D eigenvalue weighted by molar-refractivity contribution is -0.132. The number of methoxy groups -OCH3 is 1. The second-order valence-electron chi connectivity index (χ2n) is 5.15. The van der Waals surface area contributed by atoms with Crippen molar-refractivity contribution in [3.8, 4) is 5.75 Å². The molecule has 0 unspecified atom stereocenters. The number of ether oxygens (including phenoxy) is 1. The third kappa shape index (κ3) is 3.74. The average molecular weight is 290 g/mol. The van der Waals surface area contributed by atoms with Gasteiger partial charge in [-0.15, -0.1) is 0 Å². The number of carbonyl (C=O) groups excluding carboxylic acids is 2. The van der Waals surface area contributed by atoms with Crippen molar-refractivity contribution in [2.45, 2.75) is 19.8 Å². The molecule has 0 saturated carbocycles. The smallest absolute Gasteiger partial charge is 0.253 e. The largest absolute Gasteiger partial charge is 0.497 e. The summed E-state index contributed by atoms with van der Waals surface area (Å²) in [6.45, 7) is 4.45. The topological polar surface area (TPSA) is 49.9 Å².